The van der Waals surface area contributed by atoms with E-state index in [-0.39, 0.29) is 0 Å². The van der Waals surface area contributed by atoms with Gasteiger partial charge in [-0.05, 0) is 25.0 Å². The van der Waals surface area contributed by atoms with E-state index in [0.29, 0.717) is 17.1 Å². The lowest BCUT2D eigenvalue weighted by Crippen LogP contribution is -2.48. The summed E-state index contributed by atoms with van der Waals surface area (Å²) in [6, 6.07) is 7.15. The highest BCUT2D eigenvalue weighted by atomic mass is 32.1. The number of amides is 1. The van der Waals surface area contributed by atoms with Crippen LogP contribution in [-0.2, 0) is 22.4 Å². The summed E-state index contributed by atoms with van der Waals surface area (Å²) < 4.78 is 5.37. The van der Waals surface area contributed by atoms with Gasteiger partial charge in [0, 0.05) is 6.42 Å². The van der Waals surface area contributed by atoms with Crippen LogP contribution >= 0.6 is 11.3 Å². The molecule has 0 fully saturated rings. The number of rotatable bonds is 3. The molecule has 1 aliphatic rings. The minimum absolute atomic E-state index is 0.334. The molecule has 0 saturated heterocycles. The number of ether oxygens (including phenoxy) is 1. The summed E-state index contributed by atoms with van der Waals surface area (Å²) in [5, 5.41) is 11.8. The minimum atomic E-state index is -1.25. The first kappa shape index (κ1) is 14.6. The standard InChI is InChI=1S/C15H15N3O3S/c1-3-11-17-18-14(22-11)16-13(20)15(2)8-9-6-4-5-7-10(9)12(19)21-15/h4-7H,3,8H2,1-2H3,(H,16,18,20)/t15-/m0/s1. The molecule has 1 amide bonds. The molecule has 0 unspecified atom stereocenters. The van der Waals surface area contributed by atoms with Gasteiger partial charge in [-0.2, -0.15) is 0 Å². The Kier molecular flexibility index (Phi) is 3.66. The number of fused-ring (bicyclic) bond motifs is 1. The second kappa shape index (κ2) is 5.49. The molecular weight excluding hydrogens is 302 g/mol. The third-order valence-corrected chi connectivity index (χ3v) is 4.54. The van der Waals surface area contributed by atoms with Gasteiger partial charge < -0.3 is 4.74 Å². The van der Waals surface area contributed by atoms with Gasteiger partial charge in [0.1, 0.15) is 5.01 Å². The first-order chi connectivity index (χ1) is 10.5. The van der Waals surface area contributed by atoms with E-state index in [9.17, 15) is 9.59 Å². The zero-order valence-corrected chi connectivity index (χ0v) is 13.1. The van der Waals surface area contributed by atoms with Crippen LogP contribution in [-0.4, -0.2) is 27.7 Å². The van der Waals surface area contributed by atoms with E-state index in [1.54, 1.807) is 19.1 Å². The molecule has 22 heavy (non-hydrogen) atoms. The van der Waals surface area contributed by atoms with Crippen molar-refractivity contribution in [3.05, 3.63) is 40.4 Å². The average Bonchev–Trinajstić information content (AvgIpc) is 2.95. The molecule has 0 aliphatic carbocycles. The summed E-state index contributed by atoms with van der Waals surface area (Å²) in [7, 11) is 0. The highest BCUT2D eigenvalue weighted by molar-refractivity contribution is 7.15. The fraction of sp³-hybridized carbons (Fsp3) is 0.333. The van der Waals surface area contributed by atoms with Crippen molar-refractivity contribution in [2.45, 2.75) is 32.3 Å². The molecule has 0 radical (unpaired) electrons. The monoisotopic (exact) mass is 317 g/mol. The molecule has 0 bridgehead atoms. The van der Waals surface area contributed by atoms with E-state index < -0.39 is 17.5 Å². The summed E-state index contributed by atoms with van der Waals surface area (Å²) in [5.41, 5.74) is 0.0728. The highest BCUT2D eigenvalue weighted by Gasteiger charge is 2.42. The van der Waals surface area contributed by atoms with Gasteiger partial charge in [-0.3, -0.25) is 10.1 Å². The molecule has 1 atom stereocenters. The Hall–Kier alpha value is -2.28. The third kappa shape index (κ3) is 2.59. The number of anilines is 1. The predicted molar refractivity (Wildman–Crippen MR) is 81.9 cm³/mol. The van der Waals surface area contributed by atoms with Gasteiger partial charge in [0.2, 0.25) is 5.13 Å². The van der Waals surface area contributed by atoms with E-state index in [1.165, 1.54) is 11.3 Å². The Morgan fingerprint density at radius 3 is 2.91 bits per heavy atom. The Morgan fingerprint density at radius 2 is 2.18 bits per heavy atom. The predicted octanol–water partition coefficient (Wildman–Crippen LogP) is 2.21. The van der Waals surface area contributed by atoms with Crippen LogP contribution < -0.4 is 5.32 Å². The number of benzene rings is 1. The number of hydrogen-bond donors (Lipinski definition) is 1. The van der Waals surface area contributed by atoms with Gasteiger partial charge in [0.15, 0.2) is 5.60 Å². The number of carbonyl (C=O) groups is 2. The van der Waals surface area contributed by atoms with Crippen LogP contribution in [0.2, 0.25) is 0 Å². The fourth-order valence-electron chi connectivity index (χ4n) is 2.34. The van der Waals surface area contributed by atoms with E-state index in [4.69, 9.17) is 4.74 Å². The smallest absolute Gasteiger partial charge is 0.339 e. The summed E-state index contributed by atoms with van der Waals surface area (Å²) in [5.74, 6) is -0.875. The van der Waals surface area contributed by atoms with Crippen LogP contribution in [0.4, 0.5) is 5.13 Å². The van der Waals surface area contributed by atoms with E-state index in [0.717, 1.165) is 17.0 Å². The van der Waals surface area contributed by atoms with Crippen LogP contribution in [0.3, 0.4) is 0 Å². The normalized spacial score (nSPS) is 20.2. The lowest BCUT2D eigenvalue weighted by Gasteiger charge is -2.32. The maximum atomic E-state index is 12.5. The molecule has 7 heteroatoms. The second-order valence-corrected chi connectivity index (χ2v) is 6.32. The number of nitrogens with zero attached hydrogens (tertiary/aromatic N) is 2. The van der Waals surface area contributed by atoms with Gasteiger partial charge in [-0.15, -0.1) is 10.2 Å². The van der Waals surface area contributed by atoms with Crippen molar-refractivity contribution >= 4 is 28.3 Å². The molecule has 3 rings (SSSR count). The van der Waals surface area contributed by atoms with Gasteiger partial charge in [-0.25, -0.2) is 4.79 Å². The molecular formula is C15H15N3O3S. The summed E-state index contributed by atoms with van der Waals surface area (Å²) in [4.78, 5) is 24.6. The molecule has 2 aromatic rings. The second-order valence-electron chi connectivity index (χ2n) is 5.26. The van der Waals surface area contributed by atoms with E-state index >= 15 is 0 Å². The molecule has 1 aliphatic heterocycles. The van der Waals surface area contributed by atoms with Crippen LogP contribution in [0.15, 0.2) is 24.3 Å². The van der Waals surface area contributed by atoms with Gasteiger partial charge in [-0.1, -0.05) is 36.5 Å². The van der Waals surface area contributed by atoms with Crippen LogP contribution in [0.1, 0.15) is 34.8 Å². The number of cyclic esters (lactones) is 1. The van der Waals surface area contributed by atoms with Gasteiger partial charge in [0.05, 0.1) is 5.56 Å². The van der Waals surface area contributed by atoms with Crippen molar-refractivity contribution in [2.24, 2.45) is 0 Å². The van der Waals surface area contributed by atoms with Crippen LogP contribution in [0.25, 0.3) is 0 Å². The summed E-state index contributed by atoms with van der Waals surface area (Å²) >= 11 is 1.32. The number of hydrogen-bond acceptors (Lipinski definition) is 6. The Balaban J connectivity index is 1.81. The SMILES string of the molecule is CCc1nnc(NC(=O)[C@]2(C)Cc3ccccc3C(=O)O2)s1. The Labute approximate surface area is 131 Å². The molecule has 1 N–H and O–H groups in total. The molecule has 2 heterocycles. The van der Waals surface area contributed by atoms with Crippen LogP contribution in [0.5, 0.6) is 0 Å². The van der Waals surface area contributed by atoms with E-state index in [1.807, 2.05) is 19.1 Å². The number of nitrogens with one attached hydrogen (secondary N) is 1. The first-order valence-electron chi connectivity index (χ1n) is 6.97. The maximum Gasteiger partial charge on any atom is 0.339 e. The van der Waals surface area contributed by atoms with Crippen molar-refractivity contribution in [3.63, 3.8) is 0 Å². The molecule has 114 valence electrons. The van der Waals surface area contributed by atoms with Gasteiger partial charge in [0.25, 0.3) is 5.91 Å². The van der Waals surface area contributed by atoms with Crippen molar-refractivity contribution in [2.75, 3.05) is 5.32 Å². The summed E-state index contributed by atoms with van der Waals surface area (Å²) in [6.45, 7) is 3.57. The molecule has 1 aromatic carbocycles. The number of carbonyl (C=O) groups excluding carboxylic acids is 2. The molecule has 0 saturated carbocycles. The van der Waals surface area contributed by atoms with Crippen molar-refractivity contribution in [1.82, 2.24) is 10.2 Å². The third-order valence-electron chi connectivity index (χ3n) is 3.55. The molecule has 6 nitrogen and oxygen atoms in total. The average molecular weight is 317 g/mol. The molecule has 1 aromatic heterocycles. The Bertz CT molecular complexity index is 743. The number of aryl methyl sites for hydroxylation is 1. The number of esters is 1. The zero-order chi connectivity index (χ0) is 15.7. The lowest BCUT2D eigenvalue weighted by atomic mass is 9.89. The topological polar surface area (TPSA) is 81.2 Å². The molecule has 0 spiro atoms. The first-order valence-corrected chi connectivity index (χ1v) is 7.78. The Morgan fingerprint density at radius 1 is 1.41 bits per heavy atom. The minimum Gasteiger partial charge on any atom is -0.445 e. The van der Waals surface area contributed by atoms with Crippen molar-refractivity contribution in [3.8, 4) is 0 Å². The summed E-state index contributed by atoms with van der Waals surface area (Å²) in [6.07, 6.45) is 1.09. The number of aromatic nitrogens is 2. The van der Waals surface area contributed by atoms with Crippen molar-refractivity contribution in [1.29, 1.82) is 0 Å². The fourth-order valence-corrected chi connectivity index (χ4v) is 3.01. The van der Waals surface area contributed by atoms with Crippen LogP contribution in [0, 0.1) is 0 Å². The van der Waals surface area contributed by atoms with E-state index in [2.05, 4.69) is 15.5 Å². The quantitative estimate of drug-likeness (QED) is 0.878. The lowest BCUT2D eigenvalue weighted by molar-refractivity contribution is -0.134. The largest absolute Gasteiger partial charge is 0.445 e. The zero-order valence-electron chi connectivity index (χ0n) is 12.3. The van der Waals surface area contributed by atoms with Gasteiger partial charge >= 0.3 is 5.97 Å². The highest BCUT2D eigenvalue weighted by Crippen LogP contribution is 2.29. The van der Waals surface area contributed by atoms with Crippen molar-refractivity contribution < 1.29 is 14.3 Å². The maximum absolute atomic E-state index is 12.5.